The number of hydrogen-bond donors (Lipinski definition) is 5. The molecule has 102 valence electrons. The van der Waals surface area contributed by atoms with Crippen molar-refractivity contribution in [2.24, 2.45) is 17.4 Å². The van der Waals surface area contributed by atoms with Gasteiger partial charge in [-0.05, 0) is 19.3 Å². The van der Waals surface area contributed by atoms with Crippen LogP contribution in [0.1, 0.15) is 27.2 Å². The lowest BCUT2D eigenvalue weighted by Crippen LogP contribution is -2.39. The summed E-state index contributed by atoms with van der Waals surface area (Å²) in [4.78, 5) is 20.0. The molecule has 0 spiro atoms. The quantitative estimate of drug-likeness (QED) is 0.430. The molecule has 3 atom stereocenters. The number of nitrogens with two attached hydrogens (primary N) is 2. The predicted octanol–water partition coefficient (Wildman–Crippen LogP) is -0.776. The standard InChI is InChI=1S/C6H13NO2.C4H9NO3/c1-4(2)3-5(7)6(8)9;1-2(6)3(5)4(7)8/h4-5H,3,7H2,1-2H3,(H,8,9);2-3,6H,5H2,1H3,(H,7,8). The van der Waals surface area contributed by atoms with Gasteiger partial charge >= 0.3 is 11.9 Å². The Morgan fingerprint density at radius 1 is 1.06 bits per heavy atom. The molecule has 0 aliphatic heterocycles. The van der Waals surface area contributed by atoms with Crippen LogP contribution in [0.3, 0.4) is 0 Å². The van der Waals surface area contributed by atoms with E-state index in [4.69, 9.17) is 26.8 Å². The number of aliphatic hydroxyl groups is 1. The van der Waals surface area contributed by atoms with E-state index in [1.807, 2.05) is 13.8 Å². The molecule has 17 heavy (non-hydrogen) atoms. The van der Waals surface area contributed by atoms with Crippen molar-refractivity contribution in [2.45, 2.75) is 45.4 Å². The highest BCUT2D eigenvalue weighted by Crippen LogP contribution is 2.01. The van der Waals surface area contributed by atoms with E-state index >= 15 is 0 Å². The predicted molar refractivity (Wildman–Crippen MR) is 62.4 cm³/mol. The summed E-state index contributed by atoms with van der Waals surface area (Å²) in [5.41, 5.74) is 10.1. The molecule has 0 aromatic heterocycles. The van der Waals surface area contributed by atoms with E-state index in [0.717, 1.165) is 0 Å². The monoisotopic (exact) mass is 250 g/mol. The minimum Gasteiger partial charge on any atom is -0.480 e. The van der Waals surface area contributed by atoms with Crippen molar-refractivity contribution in [1.82, 2.24) is 0 Å². The fourth-order valence-electron chi connectivity index (χ4n) is 0.815. The largest absolute Gasteiger partial charge is 0.480 e. The number of carbonyl (C=O) groups is 2. The second kappa shape index (κ2) is 8.91. The average molecular weight is 250 g/mol. The Morgan fingerprint density at radius 2 is 1.47 bits per heavy atom. The molecule has 0 aromatic carbocycles. The third kappa shape index (κ3) is 11.1. The maximum absolute atomic E-state index is 10.1. The maximum atomic E-state index is 10.1. The first-order valence-corrected chi connectivity index (χ1v) is 5.24. The molecule has 3 unspecified atom stereocenters. The van der Waals surface area contributed by atoms with E-state index in [-0.39, 0.29) is 0 Å². The second-order valence-electron chi connectivity index (χ2n) is 4.18. The molecule has 7 N–H and O–H groups in total. The first-order valence-electron chi connectivity index (χ1n) is 5.24. The molecule has 0 saturated carbocycles. The molecule has 0 radical (unpaired) electrons. The zero-order valence-electron chi connectivity index (χ0n) is 10.3. The highest BCUT2D eigenvalue weighted by molar-refractivity contribution is 5.73. The molecule has 0 heterocycles. The smallest absolute Gasteiger partial charge is 0.323 e. The van der Waals surface area contributed by atoms with Crippen LogP contribution >= 0.6 is 0 Å². The zero-order chi connectivity index (χ0) is 14.2. The highest BCUT2D eigenvalue weighted by atomic mass is 16.4. The van der Waals surface area contributed by atoms with Crippen LogP contribution < -0.4 is 11.5 Å². The molecule has 0 aliphatic rings. The average Bonchev–Trinajstić information content (AvgIpc) is 2.15. The van der Waals surface area contributed by atoms with Gasteiger partial charge in [-0.2, -0.15) is 0 Å². The van der Waals surface area contributed by atoms with Gasteiger partial charge in [0, 0.05) is 0 Å². The van der Waals surface area contributed by atoms with Gasteiger partial charge < -0.3 is 26.8 Å². The SMILES string of the molecule is CC(C)CC(N)C(=O)O.CC(O)C(N)C(=O)O. The van der Waals surface area contributed by atoms with E-state index in [0.29, 0.717) is 12.3 Å². The first-order chi connectivity index (χ1) is 7.59. The van der Waals surface area contributed by atoms with Crippen LogP contribution in [0.4, 0.5) is 0 Å². The Labute approximate surface area is 100 Å². The summed E-state index contributed by atoms with van der Waals surface area (Å²) in [5, 5.41) is 24.9. The summed E-state index contributed by atoms with van der Waals surface area (Å²) in [6.45, 7) is 5.23. The van der Waals surface area contributed by atoms with Crippen molar-refractivity contribution < 1.29 is 24.9 Å². The number of hydrogen-bond acceptors (Lipinski definition) is 5. The summed E-state index contributed by atoms with van der Waals surface area (Å²) >= 11 is 0. The minimum atomic E-state index is -1.18. The number of aliphatic hydroxyl groups excluding tert-OH is 1. The molecular weight excluding hydrogens is 228 g/mol. The van der Waals surface area contributed by atoms with Crippen molar-refractivity contribution >= 4 is 11.9 Å². The molecule has 7 nitrogen and oxygen atoms in total. The summed E-state index contributed by atoms with van der Waals surface area (Å²) in [5.74, 6) is -1.74. The van der Waals surface area contributed by atoms with E-state index in [1.54, 1.807) is 0 Å². The number of rotatable bonds is 5. The van der Waals surface area contributed by atoms with Gasteiger partial charge in [-0.3, -0.25) is 9.59 Å². The molecule has 0 rings (SSSR count). The number of carboxylic acid groups (broad SMARTS) is 2. The van der Waals surface area contributed by atoms with Crippen LogP contribution in [0.2, 0.25) is 0 Å². The van der Waals surface area contributed by atoms with Gasteiger partial charge in [-0.15, -0.1) is 0 Å². The highest BCUT2D eigenvalue weighted by Gasteiger charge is 2.16. The third-order valence-corrected chi connectivity index (χ3v) is 1.85. The van der Waals surface area contributed by atoms with E-state index < -0.39 is 30.1 Å². The molecule has 0 aromatic rings. The zero-order valence-corrected chi connectivity index (χ0v) is 10.3. The fraction of sp³-hybridized carbons (Fsp3) is 0.800. The van der Waals surface area contributed by atoms with E-state index in [9.17, 15) is 9.59 Å². The van der Waals surface area contributed by atoms with Gasteiger partial charge in [0.15, 0.2) is 0 Å². The molecule has 0 bridgehead atoms. The van der Waals surface area contributed by atoms with Crippen LogP contribution in [-0.4, -0.2) is 45.4 Å². The Hall–Kier alpha value is -1.18. The summed E-state index contributed by atoms with van der Waals surface area (Å²) in [7, 11) is 0. The lowest BCUT2D eigenvalue weighted by molar-refractivity contribution is -0.141. The van der Waals surface area contributed by atoms with Crippen LogP contribution in [0.25, 0.3) is 0 Å². The number of carboxylic acids is 2. The lowest BCUT2D eigenvalue weighted by Gasteiger charge is -2.07. The van der Waals surface area contributed by atoms with Crippen LogP contribution in [0, 0.1) is 5.92 Å². The van der Waals surface area contributed by atoms with Crippen molar-refractivity contribution in [2.75, 3.05) is 0 Å². The second-order valence-corrected chi connectivity index (χ2v) is 4.18. The topological polar surface area (TPSA) is 147 Å². The van der Waals surface area contributed by atoms with Crippen molar-refractivity contribution in [1.29, 1.82) is 0 Å². The van der Waals surface area contributed by atoms with Gasteiger partial charge in [0.1, 0.15) is 12.1 Å². The lowest BCUT2D eigenvalue weighted by atomic mass is 10.1. The summed E-state index contributed by atoms with van der Waals surface area (Å²) < 4.78 is 0. The molecule has 7 heteroatoms. The molecular formula is C10H22N2O5. The Bertz CT molecular complexity index is 243. The van der Waals surface area contributed by atoms with Crippen molar-refractivity contribution in [3.63, 3.8) is 0 Å². The van der Waals surface area contributed by atoms with Crippen LogP contribution in [0.15, 0.2) is 0 Å². The van der Waals surface area contributed by atoms with Crippen molar-refractivity contribution in [3.05, 3.63) is 0 Å². The normalized spacial score (nSPS) is 15.5. The minimum absolute atomic E-state index is 0.357. The Kier molecular flexibility index (Phi) is 9.54. The van der Waals surface area contributed by atoms with Crippen molar-refractivity contribution in [3.8, 4) is 0 Å². The number of aliphatic carboxylic acids is 2. The van der Waals surface area contributed by atoms with E-state index in [1.165, 1.54) is 6.92 Å². The molecule has 0 amide bonds. The van der Waals surface area contributed by atoms with E-state index in [2.05, 4.69) is 0 Å². The summed E-state index contributed by atoms with van der Waals surface area (Å²) in [6.07, 6.45) is -0.428. The van der Waals surface area contributed by atoms with Gasteiger partial charge in [-0.1, -0.05) is 13.8 Å². The fourth-order valence-corrected chi connectivity index (χ4v) is 0.815. The molecule has 0 aliphatic carbocycles. The third-order valence-electron chi connectivity index (χ3n) is 1.85. The van der Waals surface area contributed by atoms with Gasteiger partial charge in [0.2, 0.25) is 0 Å². The molecule has 0 fully saturated rings. The van der Waals surface area contributed by atoms with Gasteiger partial charge in [-0.25, -0.2) is 0 Å². The van der Waals surface area contributed by atoms with Gasteiger partial charge in [0.25, 0.3) is 0 Å². The van der Waals surface area contributed by atoms with Gasteiger partial charge in [0.05, 0.1) is 6.10 Å². The van der Waals surface area contributed by atoms with Crippen LogP contribution in [0.5, 0.6) is 0 Å². The summed E-state index contributed by atoms with van der Waals surface area (Å²) in [6, 6.07) is -1.85. The molecule has 0 saturated heterocycles. The first kappa shape index (κ1) is 18.2. The maximum Gasteiger partial charge on any atom is 0.323 e. The Balaban J connectivity index is 0. The Morgan fingerprint density at radius 3 is 1.53 bits per heavy atom. The van der Waals surface area contributed by atoms with Crippen LogP contribution in [-0.2, 0) is 9.59 Å².